The van der Waals surface area contributed by atoms with E-state index < -0.39 is 0 Å². The molecule has 1 aromatic rings. The smallest absolute Gasteiger partial charge is 0.260 e. The van der Waals surface area contributed by atoms with E-state index in [0.29, 0.717) is 24.6 Å². The maximum Gasteiger partial charge on any atom is 0.260 e. The predicted octanol–water partition coefficient (Wildman–Crippen LogP) is 2.86. The number of nitrogens with zero attached hydrogens (tertiary/aromatic N) is 1. The predicted molar refractivity (Wildman–Crippen MR) is 98.3 cm³/mol. The first-order valence-corrected chi connectivity index (χ1v) is 9.06. The van der Waals surface area contributed by atoms with Gasteiger partial charge in [0, 0.05) is 26.1 Å². The Kier molecular flexibility index (Phi) is 6.85. The summed E-state index contributed by atoms with van der Waals surface area (Å²) in [5.41, 5.74) is 0.0125. The number of ether oxygens (including phenoxy) is 1. The zero-order valence-corrected chi connectivity index (χ0v) is 15.6. The van der Waals surface area contributed by atoms with Gasteiger partial charge < -0.3 is 15.0 Å². The van der Waals surface area contributed by atoms with Crippen LogP contribution in [0.25, 0.3) is 0 Å². The van der Waals surface area contributed by atoms with Crippen molar-refractivity contribution in [2.45, 2.75) is 40.0 Å². The van der Waals surface area contributed by atoms with Crippen LogP contribution in [0.1, 0.15) is 40.0 Å². The molecule has 0 unspecified atom stereocenters. The van der Waals surface area contributed by atoms with Crippen LogP contribution in [0, 0.1) is 11.3 Å². The molecule has 1 aliphatic rings. The first-order valence-electron chi connectivity index (χ1n) is 9.06. The summed E-state index contributed by atoms with van der Waals surface area (Å²) in [4.78, 5) is 26.0. The van der Waals surface area contributed by atoms with Crippen molar-refractivity contribution in [3.63, 3.8) is 0 Å². The van der Waals surface area contributed by atoms with Crippen LogP contribution >= 0.6 is 0 Å². The van der Waals surface area contributed by atoms with Crippen molar-refractivity contribution in [1.82, 2.24) is 10.2 Å². The number of likely N-dealkylation sites (tertiary alicyclic amines) is 1. The van der Waals surface area contributed by atoms with Crippen LogP contribution in [-0.4, -0.2) is 43.0 Å². The lowest BCUT2D eigenvalue weighted by Gasteiger charge is -2.32. The third-order valence-electron chi connectivity index (χ3n) is 4.35. The van der Waals surface area contributed by atoms with Crippen molar-refractivity contribution in [1.29, 1.82) is 0 Å². The lowest BCUT2D eigenvalue weighted by molar-refractivity contribution is -0.135. The second-order valence-corrected chi connectivity index (χ2v) is 7.97. The second-order valence-electron chi connectivity index (χ2n) is 7.97. The molecule has 1 fully saturated rings. The SMILES string of the molecule is CC(C)(C)CC(=O)NCC1CCN(C(=O)COc2ccccc2)CC1. The highest BCUT2D eigenvalue weighted by atomic mass is 16.5. The highest BCUT2D eigenvalue weighted by Gasteiger charge is 2.24. The van der Waals surface area contributed by atoms with Crippen LogP contribution in [0.15, 0.2) is 30.3 Å². The summed E-state index contributed by atoms with van der Waals surface area (Å²) < 4.78 is 5.52. The minimum Gasteiger partial charge on any atom is -0.484 e. The maximum atomic E-state index is 12.2. The van der Waals surface area contributed by atoms with Crippen molar-refractivity contribution < 1.29 is 14.3 Å². The Morgan fingerprint density at radius 2 is 1.80 bits per heavy atom. The van der Waals surface area contributed by atoms with E-state index >= 15 is 0 Å². The molecule has 1 N–H and O–H groups in total. The number of carbonyl (C=O) groups is 2. The molecule has 0 radical (unpaired) electrons. The summed E-state index contributed by atoms with van der Waals surface area (Å²) in [7, 11) is 0. The Hall–Kier alpha value is -2.04. The Balaban J connectivity index is 1.65. The van der Waals surface area contributed by atoms with Crippen LogP contribution in [0.2, 0.25) is 0 Å². The molecule has 0 bridgehead atoms. The fourth-order valence-electron chi connectivity index (χ4n) is 2.94. The molecule has 0 atom stereocenters. The molecule has 25 heavy (non-hydrogen) atoms. The van der Waals surface area contributed by atoms with E-state index in [0.717, 1.165) is 25.9 Å². The highest BCUT2D eigenvalue weighted by molar-refractivity contribution is 5.78. The summed E-state index contributed by atoms with van der Waals surface area (Å²) in [6.07, 6.45) is 2.39. The van der Waals surface area contributed by atoms with Crippen molar-refractivity contribution >= 4 is 11.8 Å². The highest BCUT2D eigenvalue weighted by Crippen LogP contribution is 2.19. The van der Waals surface area contributed by atoms with Crippen LogP contribution in [0.4, 0.5) is 0 Å². The molecule has 1 aliphatic heterocycles. The average molecular weight is 346 g/mol. The number of piperidine rings is 1. The molecular formula is C20H30N2O3. The monoisotopic (exact) mass is 346 g/mol. The molecule has 5 heteroatoms. The summed E-state index contributed by atoms with van der Waals surface area (Å²) in [5.74, 6) is 1.30. The van der Waals surface area contributed by atoms with Crippen molar-refractivity contribution in [3.05, 3.63) is 30.3 Å². The lowest BCUT2D eigenvalue weighted by atomic mass is 9.91. The van der Waals surface area contributed by atoms with Crippen LogP contribution < -0.4 is 10.1 Å². The van der Waals surface area contributed by atoms with Gasteiger partial charge in [0.2, 0.25) is 5.91 Å². The van der Waals surface area contributed by atoms with Gasteiger partial charge in [-0.15, -0.1) is 0 Å². The maximum absolute atomic E-state index is 12.2. The molecule has 0 aliphatic carbocycles. The van der Waals surface area contributed by atoms with Crippen LogP contribution in [0.5, 0.6) is 5.75 Å². The van der Waals surface area contributed by atoms with E-state index in [-0.39, 0.29) is 23.8 Å². The number of rotatable bonds is 6. The molecule has 1 saturated heterocycles. The van der Waals surface area contributed by atoms with Crippen molar-refractivity contribution in [2.75, 3.05) is 26.2 Å². The van der Waals surface area contributed by atoms with E-state index in [1.807, 2.05) is 35.2 Å². The number of hydrogen-bond acceptors (Lipinski definition) is 3. The Morgan fingerprint density at radius 3 is 2.40 bits per heavy atom. The number of nitrogens with one attached hydrogen (secondary N) is 1. The first kappa shape index (κ1) is 19.3. The summed E-state index contributed by atoms with van der Waals surface area (Å²) in [6, 6.07) is 9.39. The molecule has 0 aromatic heterocycles. The molecule has 2 rings (SSSR count). The summed E-state index contributed by atoms with van der Waals surface area (Å²) >= 11 is 0. The third kappa shape index (κ3) is 7.16. The largest absolute Gasteiger partial charge is 0.484 e. The number of hydrogen-bond donors (Lipinski definition) is 1. The molecule has 1 heterocycles. The fraction of sp³-hybridized carbons (Fsp3) is 0.600. The molecule has 138 valence electrons. The minimum absolute atomic E-state index is 0.0125. The van der Waals surface area contributed by atoms with Gasteiger partial charge in [0.1, 0.15) is 5.75 Å². The molecule has 0 spiro atoms. The van der Waals surface area contributed by atoms with Gasteiger partial charge in [-0.25, -0.2) is 0 Å². The van der Waals surface area contributed by atoms with Crippen LogP contribution in [0.3, 0.4) is 0 Å². The van der Waals surface area contributed by atoms with Gasteiger partial charge in [-0.3, -0.25) is 9.59 Å². The zero-order valence-electron chi connectivity index (χ0n) is 15.6. The summed E-state index contributed by atoms with van der Waals surface area (Å²) in [5, 5.41) is 3.03. The standard InChI is InChI=1S/C20H30N2O3/c1-20(2,3)13-18(23)21-14-16-9-11-22(12-10-16)19(24)15-25-17-7-5-4-6-8-17/h4-8,16H,9-15H2,1-3H3,(H,21,23). The van der Waals surface area contributed by atoms with E-state index in [1.54, 1.807) is 0 Å². The average Bonchev–Trinajstić information content (AvgIpc) is 2.58. The summed E-state index contributed by atoms with van der Waals surface area (Å²) in [6.45, 7) is 8.44. The lowest BCUT2D eigenvalue weighted by Crippen LogP contribution is -2.43. The molecular weight excluding hydrogens is 316 g/mol. The van der Waals surface area contributed by atoms with Gasteiger partial charge >= 0.3 is 0 Å². The van der Waals surface area contributed by atoms with Gasteiger partial charge in [0.25, 0.3) is 5.91 Å². The van der Waals surface area contributed by atoms with Gasteiger partial charge in [0.05, 0.1) is 0 Å². The zero-order chi connectivity index (χ0) is 18.3. The second kappa shape index (κ2) is 8.88. The van der Waals surface area contributed by atoms with Crippen LogP contribution in [-0.2, 0) is 9.59 Å². The van der Waals surface area contributed by atoms with E-state index in [1.165, 1.54) is 0 Å². The minimum atomic E-state index is 0.0125. The molecule has 5 nitrogen and oxygen atoms in total. The van der Waals surface area contributed by atoms with E-state index in [4.69, 9.17) is 4.74 Å². The van der Waals surface area contributed by atoms with Gasteiger partial charge in [-0.05, 0) is 36.3 Å². The fourth-order valence-corrected chi connectivity index (χ4v) is 2.94. The third-order valence-corrected chi connectivity index (χ3v) is 4.35. The van der Waals surface area contributed by atoms with Crippen molar-refractivity contribution in [2.24, 2.45) is 11.3 Å². The Morgan fingerprint density at radius 1 is 1.16 bits per heavy atom. The number of benzene rings is 1. The topological polar surface area (TPSA) is 58.6 Å². The quantitative estimate of drug-likeness (QED) is 0.862. The normalized spacial score (nSPS) is 15.7. The van der Waals surface area contributed by atoms with Gasteiger partial charge in [-0.2, -0.15) is 0 Å². The molecule has 1 aromatic carbocycles. The van der Waals surface area contributed by atoms with E-state index in [9.17, 15) is 9.59 Å². The van der Waals surface area contributed by atoms with E-state index in [2.05, 4.69) is 26.1 Å². The number of para-hydroxylation sites is 1. The van der Waals surface area contributed by atoms with Crippen molar-refractivity contribution in [3.8, 4) is 5.75 Å². The Bertz CT molecular complexity index is 558. The number of amides is 2. The first-order chi connectivity index (χ1) is 11.8. The number of carbonyl (C=O) groups excluding carboxylic acids is 2. The Labute approximate surface area is 150 Å². The molecule has 0 saturated carbocycles. The molecule has 2 amide bonds. The van der Waals surface area contributed by atoms with Gasteiger partial charge in [-0.1, -0.05) is 39.0 Å². The van der Waals surface area contributed by atoms with Gasteiger partial charge in [0.15, 0.2) is 6.61 Å².